The number of rotatable bonds is 3. The first kappa shape index (κ1) is 13.0. The summed E-state index contributed by atoms with van der Waals surface area (Å²) in [5.74, 6) is 1.63. The molecule has 3 aromatic rings. The van der Waals surface area contributed by atoms with Crippen LogP contribution in [0.2, 0.25) is 0 Å². The Morgan fingerprint density at radius 2 is 2.05 bits per heavy atom. The van der Waals surface area contributed by atoms with Gasteiger partial charge in [-0.25, -0.2) is 4.68 Å². The van der Waals surface area contributed by atoms with Crippen molar-refractivity contribution < 1.29 is 4.74 Å². The lowest BCUT2D eigenvalue weighted by Crippen LogP contribution is -2.08. The van der Waals surface area contributed by atoms with Crippen molar-refractivity contribution in [2.45, 2.75) is 6.92 Å². The van der Waals surface area contributed by atoms with Gasteiger partial charge in [0.05, 0.1) is 12.7 Å². The summed E-state index contributed by atoms with van der Waals surface area (Å²) >= 11 is 0. The van der Waals surface area contributed by atoms with Gasteiger partial charge in [-0.15, -0.1) is 0 Å². The van der Waals surface area contributed by atoms with Gasteiger partial charge in [0.1, 0.15) is 5.75 Å². The molecule has 0 aliphatic rings. The van der Waals surface area contributed by atoms with Crippen molar-refractivity contribution in [3.8, 4) is 23.1 Å². The topological polar surface area (TPSA) is 91.7 Å². The van der Waals surface area contributed by atoms with E-state index < -0.39 is 0 Å². The lowest BCUT2D eigenvalue weighted by molar-refractivity contribution is 0.416. The van der Waals surface area contributed by atoms with Gasteiger partial charge in [-0.05, 0) is 25.1 Å². The van der Waals surface area contributed by atoms with Gasteiger partial charge in [-0.2, -0.15) is 20.1 Å². The van der Waals surface area contributed by atoms with Gasteiger partial charge in [0, 0.05) is 12.4 Å². The Kier molecular flexibility index (Phi) is 3.23. The number of anilines is 1. The molecule has 0 amide bonds. The van der Waals surface area contributed by atoms with Gasteiger partial charge in [-0.1, -0.05) is 11.6 Å². The van der Waals surface area contributed by atoms with Gasteiger partial charge < -0.3 is 10.5 Å². The van der Waals surface area contributed by atoms with E-state index in [0.29, 0.717) is 17.5 Å². The molecule has 0 unspecified atom stereocenters. The van der Waals surface area contributed by atoms with Crippen molar-refractivity contribution >= 4 is 5.95 Å². The fourth-order valence-electron chi connectivity index (χ4n) is 1.99. The third kappa shape index (κ3) is 2.53. The molecule has 3 rings (SSSR count). The molecule has 1 aromatic carbocycles. The van der Waals surface area contributed by atoms with Crippen LogP contribution in [0, 0.1) is 6.92 Å². The van der Waals surface area contributed by atoms with Crippen LogP contribution in [0.4, 0.5) is 5.95 Å². The summed E-state index contributed by atoms with van der Waals surface area (Å²) < 4.78 is 6.89. The van der Waals surface area contributed by atoms with Crippen molar-refractivity contribution in [1.29, 1.82) is 0 Å². The molecule has 0 saturated heterocycles. The van der Waals surface area contributed by atoms with Crippen LogP contribution in [-0.2, 0) is 0 Å². The van der Waals surface area contributed by atoms with E-state index in [2.05, 4.69) is 20.1 Å². The van der Waals surface area contributed by atoms with Crippen LogP contribution >= 0.6 is 0 Å². The zero-order chi connectivity index (χ0) is 14.8. The van der Waals surface area contributed by atoms with E-state index in [1.54, 1.807) is 25.6 Å². The minimum absolute atomic E-state index is 0.133. The minimum atomic E-state index is 0.133. The van der Waals surface area contributed by atoms with Crippen LogP contribution in [0.1, 0.15) is 5.56 Å². The highest BCUT2D eigenvalue weighted by molar-refractivity contribution is 5.66. The molecule has 2 heterocycles. The second-order valence-corrected chi connectivity index (χ2v) is 4.47. The number of methoxy groups -OCH3 is 1. The highest BCUT2D eigenvalue weighted by Gasteiger charge is 2.13. The molecule has 0 fully saturated rings. The van der Waals surface area contributed by atoms with Crippen LogP contribution in [0.25, 0.3) is 17.3 Å². The molecule has 0 bridgehead atoms. The molecular formula is C14H14N6O. The van der Waals surface area contributed by atoms with Crippen LogP contribution in [0.5, 0.6) is 5.75 Å². The Hall–Kier alpha value is -2.96. The number of nitrogens with two attached hydrogens (primary N) is 1. The first-order valence-corrected chi connectivity index (χ1v) is 6.34. The number of aryl methyl sites for hydroxylation is 1. The molecule has 0 aliphatic heterocycles. The van der Waals surface area contributed by atoms with Crippen molar-refractivity contribution in [1.82, 2.24) is 24.7 Å². The van der Waals surface area contributed by atoms with Crippen LogP contribution in [0.15, 0.2) is 36.7 Å². The van der Waals surface area contributed by atoms with Crippen molar-refractivity contribution in [2.75, 3.05) is 12.8 Å². The first-order valence-electron chi connectivity index (χ1n) is 6.34. The molecule has 0 saturated carbocycles. The fraction of sp³-hybridized carbons (Fsp3) is 0.143. The van der Waals surface area contributed by atoms with E-state index >= 15 is 0 Å². The third-order valence-electron chi connectivity index (χ3n) is 2.95. The molecule has 2 N–H and O–H groups in total. The highest BCUT2D eigenvalue weighted by Crippen LogP contribution is 2.28. The standard InChI is InChI=1S/C14H14N6O/c1-9-4-5-11(21-2)10(8-9)12-17-13(15)19-14(18-12)20-7-3-6-16-20/h3-8H,1-2H3,(H2,15,17,18,19). The second kappa shape index (κ2) is 5.20. The molecule has 21 heavy (non-hydrogen) atoms. The van der Waals surface area contributed by atoms with Crippen LogP contribution in [-0.4, -0.2) is 31.8 Å². The maximum Gasteiger partial charge on any atom is 0.255 e. The zero-order valence-electron chi connectivity index (χ0n) is 11.7. The molecule has 0 aliphatic carbocycles. The normalized spacial score (nSPS) is 10.6. The second-order valence-electron chi connectivity index (χ2n) is 4.47. The predicted molar refractivity (Wildman–Crippen MR) is 78.1 cm³/mol. The molecule has 0 atom stereocenters. The maximum absolute atomic E-state index is 5.79. The molecule has 2 aromatic heterocycles. The summed E-state index contributed by atoms with van der Waals surface area (Å²) in [6.07, 6.45) is 3.39. The van der Waals surface area contributed by atoms with E-state index in [4.69, 9.17) is 10.5 Å². The van der Waals surface area contributed by atoms with Gasteiger partial charge in [0.25, 0.3) is 5.95 Å². The fourth-order valence-corrected chi connectivity index (χ4v) is 1.99. The lowest BCUT2D eigenvalue weighted by atomic mass is 10.1. The van der Waals surface area contributed by atoms with E-state index in [1.165, 1.54) is 4.68 Å². The summed E-state index contributed by atoms with van der Waals surface area (Å²) in [4.78, 5) is 12.7. The Labute approximate surface area is 121 Å². The Morgan fingerprint density at radius 3 is 2.76 bits per heavy atom. The Morgan fingerprint density at radius 1 is 1.19 bits per heavy atom. The van der Waals surface area contributed by atoms with Crippen molar-refractivity contribution in [3.63, 3.8) is 0 Å². The monoisotopic (exact) mass is 282 g/mol. The van der Waals surface area contributed by atoms with Gasteiger partial charge in [0.2, 0.25) is 5.95 Å². The largest absolute Gasteiger partial charge is 0.496 e. The molecule has 0 spiro atoms. The van der Waals surface area contributed by atoms with E-state index in [1.807, 2.05) is 25.1 Å². The molecule has 0 radical (unpaired) electrons. The average molecular weight is 282 g/mol. The van der Waals surface area contributed by atoms with Crippen molar-refractivity contribution in [2.24, 2.45) is 0 Å². The summed E-state index contributed by atoms with van der Waals surface area (Å²) in [5.41, 5.74) is 7.63. The average Bonchev–Trinajstić information content (AvgIpc) is 3.01. The van der Waals surface area contributed by atoms with Crippen molar-refractivity contribution in [3.05, 3.63) is 42.2 Å². The summed E-state index contributed by atoms with van der Waals surface area (Å²) in [5, 5.41) is 4.10. The van der Waals surface area contributed by atoms with E-state index in [0.717, 1.165) is 11.1 Å². The highest BCUT2D eigenvalue weighted by atomic mass is 16.5. The Balaban J connectivity index is 2.17. The Bertz CT molecular complexity index is 769. The summed E-state index contributed by atoms with van der Waals surface area (Å²) in [7, 11) is 1.60. The molecule has 7 nitrogen and oxygen atoms in total. The molecular weight excluding hydrogens is 268 g/mol. The maximum atomic E-state index is 5.79. The summed E-state index contributed by atoms with van der Waals surface area (Å²) in [6.45, 7) is 1.99. The van der Waals surface area contributed by atoms with Crippen LogP contribution < -0.4 is 10.5 Å². The zero-order valence-corrected chi connectivity index (χ0v) is 11.7. The molecule has 106 valence electrons. The van der Waals surface area contributed by atoms with E-state index in [-0.39, 0.29) is 5.95 Å². The third-order valence-corrected chi connectivity index (χ3v) is 2.95. The lowest BCUT2D eigenvalue weighted by Gasteiger charge is -2.09. The number of nitrogen functional groups attached to an aromatic ring is 1. The van der Waals surface area contributed by atoms with Crippen LogP contribution in [0.3, 0.4) is 0 Å². The van der Waals surface area contributed by atoms with Gasteiger partial charge in [-0.3, -0.25) is 0 Å². The number of benzene rings is 1. The van der Waals surface area contributed by atoms with Gasteiger partial charge >= 0.3 is 0 Å². The first-order chi connectivity index (χ1) is 10.2. The quantitative estimate of drug-likeness (QED) is 0.785. The predicted octanol–water partition coefficient (Wildman–Crippen LogP) is 1.62. The molecule has 7 heteroatoms. The summed E-state index contributed by atoms with van der Waals surface area (Å²) in [6, 6.07) is 7.56. The number of hydrogen-bond donors (Lipinski definition) is 1. The SMILES string of the molecule is COc1ccc(C)cc1-c1nc(N)nc(-n2cccn2)n1. The number of nitrogens with zero attached hydrogens (tertiary/aromatic N) is 5. The number of aromatic nitrogens is 5. The number of hydrogen-bond acceptors (Lipinski definition) is 6. The van der Waals surface area contributed by atoms with E-state index in [9.17, 15) is 0 Å². The minimum Gasteiger partial charge on any atom is -0.496 e. The number of ether oxygens (including phenoxy) is 1. The smallest absolute Gasteiger partial charge is 0.255 e. The van der Waals surface area contributed by atoms with Gasteiger partial charge in [0.15, 0.2) is 5.82 Å².